The van der Waals surface area contributed by atoms with Gasteiger partial charge in [0, 0.05) is 29.8 Å². The van der Waals surface area contributed by atoms with Crippen LogP contribution in [0.4, 0.5) is 0 Å². The zero-order valence-corrected chi connectivity index (χ0v) is 16.8. The molecule has 0 fully saturated rings. The van der Waals surface area contributed by atoms with Crippen molar-refractivity contribution in [3.63, 3.8) is 0 Å². The molecule has 1 N–H and O–H groups in total. The Bertz CT molecular complexity index is 851. The first kappa shape index (κ1) is 18.3. The Balaban J connectivity index is 1.53. The van der Waals surface area contributed by atoms with E-state index in [-0.39, 0.29) is 12.8 Å². The van der Waals surface area contributed by atoms with Crippen LogP contribution in [0.25, 0.3) is 0 Å². The van der Waals surface area contributed by atoms with Gasteiger partial charge in [-0.1, -0.05) is 6.92 Å². The molecule has 1 aliphatic rings. The van der Waals surface area contributed by atoms with Crippen molar-refractivity contribution >= 4 is 22.7 Å². The van der Waals surface area contributed by atoms with Crippen LogP contribution in [0, 0.1) is 0 Å². The van der Waals surface area contributed by atoms with Gasteiger partial charge in [-0.25, -0.2) is 4.98 Å². The number of hydrogen-bond donors (Lipinski definition) is 1. The Kier molecular flexibility index (Phi) is 5.91. The van der Waals surface area contributed by atoms with E-state index in [2.05, 4.69) is 34.1 Å². The summed E-state index contributed by atoms with van der Waals surface area (Å²) in [5.74, 6) is 2.38. The van der Waals surface area contributed by atoms with E-state index >= 15 is 0 Å². The van der Waals surface area contributed by atoms with Crippen LogP contribution in [0.15, 0.2) is 40.5 Å². The van der Waals surface area contributed by atoms with E-state index in [1.165, 1.54) is 5.56 Å². The molecule has 0 saturated heterocycles. The lowest BCUT2D eigenvalue weighted by atomic mass is 10.1. The molecule has 4 rings (SSSR count). The average molecular weight is 403 g/mol. The molecule has 0 unspecified atom stereocenters. The zero-order valence-electron chi connectivity index (χ0n) is 15.1. The lowest BCUT2D eigenvalue weighted by molar-refractivity contribution is 0.173. The summed E-state index contributed by atoms with van der Waals surface area (Å²) >= 11 is 3.40. The van der Waals surface area contributed by atoms with Crippen molar-refractivity contribution in [2.24, 2.45) is 0 Å². The summed E-state index contributed by atoms with van der Waals surface area (Å²) in [5, 5.41) is 11.1. The molecule has 0 spiro atoms. The van der Waals surface area contributed by atoms with Crippen molar-refractivity contribution in [3.8, 4) is 17.2 Å². The van der Waals surface area contributed by atoms with Crippen molar-refractivity contribution in [1.29, 1.82) is 0 Å². The van der Waals surface area contributed by atoms with E-state index < -0.39 is 0 Å². The molecule has 7 heteroatoms. The maximum absolute atomic E-state index is 5.95. The third-order valence-corrected chi connectivity index (χ3v) is 5.95. The quantitative estimate of drug-likeness (QED) is 0.557. The number of nitrogens with one attached hydrogen (secondary N) is 1. The van der Waals surface area contributed by atoms with Gasteiger partial charge in [0.2, 0.25) is 6.79 Å². The van der Waals surface area contributed by atoms with Crippen molar-refractivity contribution < 1.29 is 14.2 Å². The number of rotatable bonds is 9. The fourth-order valence-corrected chi connectivity index (χ4v) is 4.38. The van der Waals surface area contributed by atoms with Crippen LogP contribution in [0.3, 0.4) is 0 Å². The van der Waals surface area contributed by atoms with Gasteiger partial charge in [0.25, 0.3) is 0 Å². The summed E-state index contributed by atoms with van der Waals surface area (Å²) in [6.07, 6.45) is 3.73. The zero-order chi connectivity index (χ0) is 18.5. The maximum Gasteiger partial charge on any atom is 0.231 e. The topological polar surface area (TPSA) is 52.6 Å². The van der Waals surface area contributed by atoms with Gasteiger partial charge in [-0.2, -0.15) is 11.3 Å². The number of ether oxygens (including phenoxy) is 3. The number of benzene rings is 1. The highest BCUT2D eigenvalue weighted by Gasteiger charge is 2.20. The van der Waals surface area contributed by atoms with Crippen molar-refractivity contribution in [1.82, 2.24) is 10.3 Å². The van der Waals surface area contributed by atoms with Gasteiger partial charge in [0.15, 0.2) is 11.5 Å². The minimum atomic E-state index is 0.157. The number of thiophene rings is 1. The number of thiazole rings is 1. The number of nitrogens with zero attached hydrogens (tertiary/aromatic N) is 1. The lowest BCUT2D eigenvalue weighted by Crippen LogP contribution is -2.23. The van der Waals surface area contributed by atoms with Gasteiger partial charge in [0.1, 0.15) is 10.8 Å². The Labute approximate surface area is 166 Å². The molecule has 2 aromatic heterocycles. The Morgan fingerprint density at radius 1 is 1.26 bits per heavy atom. The van der Waals surface area contributed by atoms with Gasteiger partial charge in [0.05, 0.1) is 12.6 Å². The molecule has 1 aliphatic heterocycles. The molecule has 3 heterocycles. The van der Waals surface area contributed by atoms with Crippen LogP contribution in [0.2, 0.25) is 0 Å². The molecule has 0 bridgehead atoms. The number of aromatic nitrogens is 1. The molecule has 142 valence electrons. The monoisotopic (exact) mass is 402 g/mol. The minimum Gasteiger partial charge on any atom is -0.493 e. The van der Waals surface area contributed by atoms with E-state index in [1.54, 1.807) is 22.7 Å². The molecular formula is C20H22N2O3S2. The molecular weight excluding hydrogens is 380 g/mol. The van der Waals surface area contributed by atoms with E-state index in [1.807, 2.05) is 23.7 Å². The lowest BCUT2D eigenvalue weighted by Gasteiger charge is -2.18. The fraction of sp³-hybridized carbons (Fsp3) is 0.350. The standard InChI is InChI=1S/C20H22N2O3S2/c1-2-5-23-17-10-19-18(24-13-25-19)9-15(17)11-22-16(20-21-4-7-27-20)8-14-3-6-26-12-14/h3-4,6-7,9-10,12,16,22H,2,5,8,11,13H2,1H3/t16-/m0/s1. The van der Waals surface area contributed by atoms with Crippen LogP contribution in [0.1, 0.15) is 35.5 Å². The van der Waals surface area contributed by atoms with Gasteiger partial charge < -0.3 is 19.5 Å². The van der Waals surface area contributed by atoms with E-state index in [0.29, 0.717) is 13.2 Å². The third-order valence-electron chi connectivity index (χ3n) is 4.33. The Hall–Kier alpha value is -2.09. The van der Waals surface area contributed by atoms with E-state index in [4.69, 9.17) is 14.2 Å². The van der Waals surface area contributed by atoms with Crippen LogP contribution >= 0.6 is 22.7 Å². The molecule has 0 saturated carbocycles. The highest BCUT2D eigenvalue weighted by Crippen LogP contribution is 2.38. The fourth-order valence-electron chi connectivity index (χ4n) is 2.98. The summed E-state index contributed by atoms with van der Waals surface area (Å²) in [7, 11) is 0. The summed E-state index contributed by atoms with van der Waals surface area (Å²) in [4.78, 5) is 4.52. The first-order chi connectivity index (χ1) is 13.3. The molecule has 1 aromatic carbocycles. The molecule has 3 aromatic rings. The van der Waals surface area contributed by atoms with E-state index in [0.717, 1.165) is 40.7 Å². The van der Waals surface area contributed by atoms with Crippen LogP contribution < -0.4 is 19.5 Å². The van der Waals surface area contributed by atoms with Crippen LogP contribution in [-0.4, -0.2) is 18.4 Å². The summed E-state index contributed by atoms with van der Waals surface area (Å²) in [6.45, 7) is 3.71. The second-order valence-corrected chi connectivity index (χ2v) is 8.01. The Morgan fingerprint density at radius 2 is 2.15 bits per heavy atom. The second kappa shape index (κ2) is 8.73. The smallest absolute Gasteiger partial charge is 0.231 e. The molecule has 0 aliphatic carbocycles. The normalized spacial score (nSPS) is 13.7. The molecule has 5 nitrogen and oxygen atoms in total. The van der Waals surface area contributed by atoms with Crippen molar-refractivity contribution in [2.45, 2.75) is 32.4 Å². The predicted octanol–water partition coefficient (Wildman–Crippen LogP) is 4.80. The predicted molar refractivity (Wildman–Crippen MR) is 108 cm³/mol. The molecule has 1 atom stereocenters. The maximum atomic E-state index is 5.95. The van der Waals surface area contributed by atoms with Crippen molar-refractivity contribution in [3.05, 3.63) is 56.7 Å². The highest BCUT2D eigenvalue weighted by molar-refractivity contribution is 7.09. The average Bonchev–Trinajstić information content (AvgIpc) is 3.45. The first-order valence-electron chi connectivity index (χ1n) is 9.02. The third kappa shape index (κ3) is 4.43. The number of fused-ring (bicyclic) bond motifs is 1. The first-order valence-corrected chi connectivity index (χ1v) is 10.8. The van der Waals surface area contributed by atoms with Crippen LogP contribution in [0.5, 0.6) is 17.2 Å². The SMILES string of the molecule is CCCOc1cc2c(cc1CN[C@@H](Cc1ccsc1)c1nccs1)OCO2. The van der Waals surface area contributed by atoms with Crippen LogP contribution in [-0.2, 0) is 13.0 Å². The number of hydrogen-bond acceptors (Lipinski definition) is 7. The van der Waals surface area contributed by atoms with Gasteiger partial charge >= 0.3 is 0 Å². The van der Waals surface area contributed by atoms with Gasteiger partial charge in [-0.15, -0.1) is 11.3 Å². The summed E-state index contributed by atoms with van der Waals surface area (Å²) < 4.78 is 17.0. The highest BCUT2D eigenvalue weighted by atomic mass is 32.1. The molecule has 0 amide bonds. The summed E-state index contributed by atoms with van der Waals surface area (Å²) in [6, 6.07) is 6.28. The minimum absolute atomic E-state index is 0.157. The van der Waals surface area contributed by atoms with Gasteiger partial charge in [-0.05, 0) is 41.3 Å². The largest absolute Gasteiger partial charge is 0.493 e. The molecule has 27 heavy (non-hydrogen) atoms. The Morgan fingerprint density at radius 3 is 2.89 bits per heavy atom. The van der Waals surface area contributed by atoms with E-state index in [9.17, 15) is 0 Å². The second-order valence-electron chi connectivity index (χ2n) is 6.30. The van der Waals surface area contributed by atoms with Crippen molar-refractivity contribution in [2.75, 3.05) is 13.4 Å². The molecule has 0 radical (unpaired) electrons. The summed E-state index contributed by atoms with van der Waals surface area (Å²) in [5.41, 5.74) is 2.39. The van der Waals surface area contributed by atoms with Gasteiger partial charge in [-0.3, -0.25) is 0 Å².